The van der Waals surface area contributed by atoms with E-state index in [1.807, 2.05) is 12.3 Å². The average molecular weight is 373 g/mol. The highest BCUT2D eigenvalue weighted by Crippen LogP contribution is 2.32. The van der Waals surface area contributed by atoms with E-state index in [1.54, 1.807) is 12.4 Å². The predicted molar refractivity (Wildman–Crippen MR) is 111 cm³/mol. The van der Waals surface area contributed by atoms with Gasteiger partial charge in [-0.15, -0.1) is 0 Å². The van der Waals surface area contributed by atoms with E-state index in [4.69, 9.17) is 10.7 Å². The molecule has 28 heavy (non-hydrogen) atoms. The Morgan fingerprint density at radius 1 is 1.00 bits per heavy atom. The lowest BCUT2D eigenvalue weighted by molar-refractivity contribution is 0.402. The standard InChI is InChI=1S/C21H23N7/c1-4-28-19(25-18-12-24-21(22)26-20(18)28)16-9-10-23-11-17(16)15-7-5-14(6-8-15)13-27(2)3/h5-12H,4,13H2,1-3H3,(H2,22,24,26). The van der Waals surface area contributed by atoms with Crippen LogP contribution in [0.15, 0.2) is 48.9 Å². The number of aromatic nitrogens is 5. The van der Waals surface area contributed by atoms with Gasteiger partial charge in [0.2, 0.25) is 5.95 Å². The van der Waals surface area contributed by atoms with Crippen LogP contribution in [0.3, 0.4) is 0 Å². The fraction of sp³-hybridized carbons (Fsp3) is 0.238. The van der Waals surface area contributed by atoms with Crippen molar-refractivity contribution in [3.63, 3.8) is 0 Å². The van der Waals surface area contributed by atoms with Crippen LogP contribution in [0.4, 0.5) is 5.95 Å². The molecule has 0 aliphatic carbocycles. The van der Waals surface area contributed by atoms with Crippen LogP contribution in [-0.2, 0) is 13.1 Å². The Morgan fingerprint density at radius 2 is 1.79 bits per heavy atom. The molecule has 0 atom stereocenters. The van der Waals surface area contributed by atoms with Crippen LogP contribution in [0.2, 0.25) is 0 Å². The van der Waals surface area contributed by atoms with Gasteiger partial charge in [-0.05, 0) is 38.2 Å². The monoisotopic (exact) mass is 373 g/mol. The van der Waals surface area contributed by atoms with Crippen molar-refractivity contribution >= 4 is 17.1 Å². The molecule has 3 aromatic heterocycles. The van der Waals surface area contributed by atoms with Crippen molar-refractivity contribution in [2.75, 3.05) is 19.8 Å². The molecule has 0 fully saturated rings. The van der Waals surface area contributed by atoms with E-state index in [2.05, 4.69) is 69.7 Å². The molecule has 2 N–H and O–H groups in total. The molecule has 0 saturated heterocycles. The molecule has 0 saturated carbocycles. The lowest BCUT2D eigenvalue weighted by Crippen LogP contribution is -2.10. The van der Waals surface area contributed by atoms with Gasteiger partial charge in [-0.2, -0.15) is 4.98 Å². The van der Waals surface area contributed by atoms with E-state index in [0.29, 0.717) is 0 Å². The number of hydrogen-bond donors (Lipinski definition) is 1. The van der Waals surface area contributed by atoms with Gasteiger partial charge in [0.1, 0.15) is 11.3 Å². The molecule has 3 heterocycles. The van der Waals surface area contributed by atoms with Crippen LogP contribution in [0, 0.1) is 0 Å². The Morgan fingerprint density at radius 3 is 2.50 bits per heavy atom. The van der Waals surface area contributed by atoms with E-state index in [9.17, 15) is 0 Å². The smallest absolute Gasteiger partial charge is 0.222 e. The van der Waals surface area contributed by atoms with Crippen LogP contribution < -0.4 is 5.73 Å². The minimum Gasteiger partial charge on any atom is -0.368 e. The van der Waals surface area contributed by atoms with E-state index >= 15 is 0 Å². The van der Waals surface area contributed by atoms with Gasteiger partial charge in [-0.25, -0.2) is 9.97 Å². The van der Waals surface area contributed by atoms with Crippen molar-refractivity contribution < 1.29 is 0 Å². The second-order valence-corrected chi connectivity index (χ2v) is 6.97. The molecule has 0 bridgehead atoms. The van der Waals surface area contributed by atoms with Crippen LogP contribution in [0.1, 0.15) is 12.5 Å². The normalized spacial score (nSPS) is 11.4. The first kappa shape index (κ1) is 18.1. The SMILES string of the molecule is CCn1c(-c2ccncc2-c2ccc(CN(C)C)cc2)nc2cnc(N)nc21. The molecule has 7 nitrogen and oxygen atoms in total. The van der Waals surface area contributed by atoms with Gasteiger partial charge >= 0.3 is 0 Å². The number of nitrogens with two attached hydrogens (primary N) is 1. The Balaban J connectivity index is 1.84. The van der Waals surface area contributed by atoms with Gasteiger partial charge < -0.3 is 15.2 Å². The van der Waals surface area contributed by atoms with Crippen molar-refractivity contribution in [2.24, 2.45) is 0 Å². The molecule has 142 valence electrons. The second-order valence-electron chi connectivity index (χ2n) is 6.97. The number of nitrogens with zero attached hydrogens (tertiary/aromatic N) is 6. The lowest BCUT2D eigenvalue weighted by atomic mass is 10.00. The Bertz CT molecular complexity index is 1110. The molecule has 0 amide bonds. The van der Waals surface area contributed by atoms with Crippen molar-refractivity contribution in [2.45, 2.75) is 20.0 Å². The fourth-order valence-corrected chi connectivity index (χ4v) is 3.41. The maximum absolute atomic E-state index is 5.79. The summed E-state index contributed by atoms with van der Waals surface area (Å²) in [5.41, 5.74) is 11.7. The summed E-state index contributed by atoms with van der Waals surface area (Å²) in [7, 11) is 4.13. The number of nitrogen functional groups attached to an aromatic ring is 1. The second kappa shape index (κ2) is 7.36. The predicted octanol–water partition coefficient (Wildman–Crippen LogP) is 3.22. The molecule has 4 aromatic rings. The molecule has 1 aromatic carbocycles. The molecule has 0 aliphatic heterocycles. The first-order valence-electron chi connectivity index (χ1n) is 9.24. The van der Waals surface area contributed by atoms with Crippen molar-refractivity contribution in [3.8, 4) is 22.5 Å². The van der Waals surface area contributed by atoms with Crippen LogP contribution in [0.5, 0.6) is 0 Å². The Labute approximate surface area is 163 Å². The number of aryl methyl sites for hydroxylation is 1. The van der Waals surface area contributed by atoms with Crippen LogP contribution >= 0.6 is 0 Å². The minimum absolute atomic E-state index is 0.250. The van der Waals surface area contributed by atoms with Crippen molar-refractivity contribution in [1.82, 2.24) is 29.4 Å². The van der Waals surface area contributed by atoms with Gasteiger partial charge in [0, 0.05) is 36.6 Å². The van der Waals surface area contributed by atoms with Gasteiger partial charge in [-0.1, -0.05) is 24.3 Å². The highest BCUT2D eigenvalue weighted by molar-refractivity contribution is 5.84. The zero-order valence-corrected chi connectivity index (χ0v) is 16.3. The maximum Gasteiger partial charge on any atom is 0.222 e. The summed E-state index contributed by atoms with van der Waals surface area (Å²) in [5, 5.41) is 0. The molecule has 4 rings (SSSR count). The fourth-order valence-electron chi connectivity index (χ4n) is 3.41. The largest absolute Gasteiger partial charge is 0.368 e. The zero-order valence-electron chi connectivity index (χ0n) is 16.3. The lowest BCUT2D eigenvalue weighted by Gasteiger charge is -2.13. The molecular weight excluding hydrogens is 350 g/mol. The molecule has 0 aliphatic rings. The molecule has 0 unspecified atom stereocenters. The Hall–Kier alpha value is -3.32. The third-order valence-corrected chi connectivity index (χ3v) is 4.65. The van der Waals surface area contributed by atoms with Gasteiger partial charge in [-0.3, -0.25) is 4.98 Å². The summed E-state index contributed by atoms with van der Waals surface area (Å²) in [6, 6.07) is 10.6. The van der Waals surface area contributed by atoms with E-state index < -0.39 is 0 Å². The zero-order chi connectivity index (χ0) is 19.7. The first-order chi connectivity index (χ1) is 13.6. The summed E-state index contributed by atoms with van der Waals surface area (Å²) in [6.45, 7) is 3.71. The number of rotatable bonds is 5. The minimum atomic E-state index is 0.250. The van der Waals surface area contributed by atoms with Crippen LogP contribution in [-0.4, -0.2) is 43.5 Å². The number of pyridine rings is 1. The maximum atomic E-state index is 5.79. The van der Waals surface area contributed by atoms with Crippen LogP contribution in [0.25, 0.3) is 33.7 Å². The number of imidazole rings is 1. The van der Waals surface area contributed by atoms with E-state index in [-0.39, 0.29) is 5.95 Å². The van der Waals surface area contributed by atoms with Gasteiger partial charge in [0.05, 0.1) is 6.20 Å². The Kier molecular flexibility index (Phi) is 4.75. The summed E-state index contributed by atoms with van der Waals surface area (Å²) in [6.07, 6.45) is 5.35. The number of fused-ring (bicyclic) bond motifs is 1. The third kappa shape index (κ3) is 3.32. The number of hydrogen-bond acceptors (Lipinski definition) is 6. The van der Waals surface area contributed by atoms with Crippen molar-refractivity contribution in [1.29, 1.82) is 0 Å². The summed E-state index contributed by atoms with van der Waals surface area (Å²) in [4.78, 5) is 19.7. The first-order valence-corrected chi connectivity index (χ1v) is 9.24. The van der Waals surface area contributed by atoms with Gasteiger partial charge in [0.15, 0.2) is 5.65 Å². The quantitative estimate of drug-likeness (QED) is 0.578. The summed E-state index contributed by atoms with van der Waals surface area (Å²) < 4.78 is 2.06. The topological polar surface area (TPSA) is 85.8 Å². The molecule has 7 heteroatoms. The highest BCUT2D eigenvalue weighted by Gasteiger charge is 2.17. The van der Waals surface area contributed by atoms with E-state index in [0.717, 1.165) is 46.8 Å². The average Bonchev–Trinajstić information content (AvgIpc) is 3.05. The number of anilines is 1. The summed E-state index contributed by atoms with van der Waals surface area (Å²) >= 11 is 0. The molecule has 0 spiro atoms. The van der Waals surface area contributed by atoms with E-state index in [1.165, 1.54) is 5.56 Å². The van der Waals surface area contributed by atoms with Crippen molar-refractivity contribution in [3.05, 3.63) is 54.5 Å². The highest BCUT2D eigenvalue weighted by atomic mass is 15.2. The summed E-state index contributed by atoms with van der Waals surface area (Å²) in [5.74, 6) is 1.09. The van der Waals surface area contributed by atoms with Gasteiger partial charge in [0.25, 0.3) is 0 Å². The number of benzene rings is 1. The third-order valence-electron chi connectivity index (χ3n) is 4.65. The molecular formula is C21H23N7. The molecule has 0 radical (unpaired) electrons.